The maximum atomic E-state index is 12.9. The molecule has 2 fully saturated rings. The summed E-state index contributed by atoms with van der Waals surface area (Å²) in [6.45, 7) is 1.63. The van der Waals surface area contributed by atoms with Crippen molar-refractivity contribution >= 4 is 15.9 Å². The first-order valence-electron chi connectivity index (χ1n) is 8.95. The van der Waals surface area contributed by atoms with Gasteiger partial charge in [-0.25, -0.2) is 8.42 Å². The Morgan fingerprint density at radius 3 is 2.60 bits per heavy atom. The SMILES string of the molecule is CN1CC[C@@H](N(C)S(=O)(=O)c2cccc(C(=O)NC3CCCC3)c2)C1. The molecule has 138 valence electrons. The van der Waals surface area contributed by atoms with Gasteiger partial charge in [-0.2, -0.15) is 4.31 Å². The molecule has 0 unspecified atom stereocenters. The van der Waals surface area contributed by atoms with Gasteiger partial charge in [-0.3, -0.25) is 4.79 Å². The average Bonchev–Trinajstić information content (AvgIpc) is 3.26. The van der Waals surface area contributed by atoms with Crippen LogP contribution in [0.5, 0.6) is 0 Å². The molecule has 1 heterocycles. The zero-order valence-electron chi connectivity index (χ0n) is 14.9. The van der Waals surface area contributed by atoms with E-state index in [4.69, 9.17) is 0 Å². The number of likely N-dealkylation sites (N-methyl/N-ethyl adjacent to an activating group) is 2. The molecule has 25 heavy (non-hydrogen) atoms. The predicted molar refractivity (Wildman–Crippen MR) is 97.0 cm³/mol. The average molecular weight is 365 g/mol. The van der Waals surface area contributed by atoms with Gasteiger partial charge in [0.15, 0.2) is 0 Å². The van der Waals surface area contributed by atoms with Crippen molar-refractivity contribution in [1.82, 2.24) is 14.5 Å². The second kappa shape index (κ2) is 7.43. The first kappa shape index (κ1) is 18.4. The van der Waals surface area contributed by atoms with Crippen molar-refractivity contribution in [3.05, 3.63) is 29.8 Å². The van der Waals surface area contributed by atoms with Crippen LogP contribution in [0.25, 0.3) is 0 Å². The highest BCUT2D eigenvalue weighted by atomic mass is 32.2. The molecule has 7 heteroatoms. The van der Waals surface area contributed by atoms with E-state index in [1.54, 1.807) is 25.2 Å². The van der Waals surface area contributed by atoms with E-state index in [0.29, 0.717) is 5.56 Å². The molecule has 1 atom stereocenters. The van der Waals surface area contributed by atoms with Gasteiger partial charge < -0.3 is 10.2 Å². The number of amides is 1. The van der Waals surface area contributed by atoms with Crippen molar-refractivity contribution in [2.45, 2.75) is 49.1 Å². The van der Waals surface area contributed by atoms with Gasteiger partial charge in [0.25, 0.3) is 5.91 Å². The lowest BCUT2D eigenvalue weighted by Crippen LogP contribution is -2.38. The molecule has 1 amide bonds. The zero-order valence-corrected chi connectivity index (χ0v) is 15.8. The number of carbonyl (C=O) groups excluding carboxylic acids is 1. The minimum Gasteiger partial charge on any atom is -0.349 e. The Hall–Kier alpha value is -1.44. The topological polar surface area (TPSA) is 69.7 Å². The molecule has 1 aliphatic heterocycles. The molecule has 3 rings (SSSR count). The normalized spacial score (nSPS) is 22.6. The van der Waals surface area contributed by atoms with Gasteiger partial charge in [0.1, 0.15) is 0 Å². The van der Waals surface area contributed by atoms with Gasteiger partial charge in [0.2, 0.25) is 10.0 Å². The number of rotatable bonds is 5. The molecule has 0 spiro atoms. The second-order valence-corrected chi connectivity index (χ2v) is 9.21. The van der Waals surface area contributed by atoms with Crippen molar-refractivity contribution in [3.63, 3.8) is 0 Å². The summed E-state index contributed by atoms with van der Waals surface area (Å²) in [5.41, 5.74) is 0.407. The molecule has 1 aromatic rings. The van der Waals surface area contributed by atoms with Gasteiger partial charge in [0.05, 0.1) is 4.90 Å². The Labute approximate surface area is 150 Å². The smallest absolute Gasteiger partial charge is 0.251 e. The highest BCUT2D eigenvalue weighted by Gasteiger charge is 2.32. The van der Waals surface area contributed by atoms with Gasteiger partial charge in [0, 0.05) is 31.2 Å². The number of nitrogens with one attached hydrogen (secondary N) is 1. The summed E-state index contributed by atoms with van der Waals surface area (Å²) < 4.78 is 27.3. The van der Waals surface area contributed by atoms with E-state index in [-0.39, 0.29) is 22.9 Å². The molecule has 0 aromatic heterocycles. The van der Waals surface area contributed by atoms with E-state index in [1.807, 2.05) is 7.05 Å². The van der Waals surface area contributed by atoms with Gasteiger partial charge in [-0.15, -0.1) is 0 Å². The van der Waals surface area contributed by atoms with Crippen LogP contribution in [0, 0.1) is 0 Å². The van der Waals surface area contributed by atoms with E-state index in [2.05, 4.69) is 10.2 Å². The molecule has 1 saturated carbocycles. The Morgan fingerprint density at radius 2 is 1.96 bits per heavy atom. The molecule has 1 N–H and O–H groups in total. The molecule has 6 nitrogen and oxygen atoms in total. The van der Waals surface area contributed by atoms with Gasteiger partial charge in [-0.1, -0.05) is 18.9 Å². The quantitative estimate of drug-likeness (QED) is 0.862. The third-order valence-electron chi connectivity index (χ3n) is 5.34. The van der Waals surface area contributed by atoms with Gasteiger partial charge in [-0.05, 0) is 51.1 Å². The van der Waals surface area contributed by atoms with E-state index in [0.717, 1.165) is 45.2 Å². The van der Waals surface area contributed by atoms with Crippen molar-refractivity contribution in [2.75, 3.05) is 27.2 Å². The van der Waals surface area contributed by atoms with Crippen LogP contribution in [-0.4, -0.2) is 62.8 Å². The summed E-state index contributed by atoms with van der Waals surface area (Å²) in [6, 6.07) is 6.57. The maximum Gasteiger partial charge on any atom is 0.251 e. The second-order valence-electron chi connectivity index (χ2n) is 7.21. The van der Waals surface area contributed by atoms with Crippen LogP contribution in [0.3, 0.4) is 0 Å². The Kier molecular flexibility index (Phi) is 5.46. The standard InChI is InChI=1S/C18H27N3O3S/c1-20-11-10-16(13-20)21(2)25(23,24)17-9-5-6-14(12-17)18(22)19-15-7-3-4-8-15/h5-6,9,12,15-16H,3-4,7-8,10-11,13H2,1-2H3,(H,19,22)/t16-/m1/s1. The fourth-order valence-corrected chi connectivity index (χ4v) is 5.13. The lowest BCUT2D eigenvalue weighted by molar-refractivity contribution is 0.0937. The van der Waals surface area contributed by atoms with Crippen LogP contribution < -0.4 is 5.32 Å². The molecule has 0 bridgehead atoms. The van der Waals surface area contributed by atoms with Crippen LogP contribution >= 0.6 is 0 Å². The number of likely N-dealkylation sites (tertiary alicyclic amines) is 1. The van der Waals surface area contributed by atoms with Crippen molar-refractivity contribution in [2.24, 2.45) is 0 Å². The Balaban J connectivity index is 1.76. The Bertz CT molecular complexity index is 729. The van der Waals surface area contributed by atoms with Crippen molar-refractivity contribution < 1.29 is 13.2 Å². The lowest BCUT2D eigenvalue weighted by Gasteiger charge is -2.24. The fraction of sp³-hybridized carbons (Fsp3) is 0.611. The molecule has 1 saturated heterocycles. The molecule has 1 aromatic carbocycles. The zero-order chi connectivity index (χ0) is 18.0. The fourth-order valence-electron chi connectivity index (χ4n) is 3.71. The lowest BCUT2D eigenvalue weighted by atomic mass is 10.2. The molecule has 0 radical (unpaired) electrons. The van der Waals surface area contributed by atoms with Crippen molar-refractivity contribution in [1.29, 1.82) is 0 Å². The minimum absolute atomic E-state index is 0.0222. The maximum absolute atomic E-state index is 12.9. The van der Waals surface area contributed by atoms with E-state index < -0.39 is 10.0 Å². The van der Waals surface area contributed by atoms with Crippen LogP contribution in [0.4, 0.5) is 0 Å². The van der Waals surface area contributed by atoms with Gasteiger partial charge >= 0.3 is 0 Å². The monoisotopic (exact) mass is 365 g/mol. The Morgan fingerprint density at radius 1 is 1.24 bits per heavy atom. The first-order valence-corrected chi connectivity index (χ1v) is 10.4. The summed E-state index contributed by atoms with van der Waals surface area (Å²) in [5, 5.41) is 3.01. The first-order chi connectivity index (χ1) is 11.9. The molecule has 1 aliphatic carbocycles. The predicted octanol–water partition coefficient (Wildman–Crippen LogP) is 1.68. The molecular weight excluding hydrogens is 338 g/mol. The van der Waals surface area contributed by atoms with E-state index in [9.17, 15) is 13.2 Å². The number of hydrogen-bond donors (Lipinski definition) is 1. The summed E-state index contributed by atoms with van der Waals surface area (Å²) in [7, 11) is 0.0214. The summed E-state index contributed by atoms with van der Waals surface area (Å²) in [6.07, 6.45) is 5.11. The number of carbonyl (C=O) groups is 1. The number of benzene rings is 1. The van der Waals surface area contributed by atoms with Crippen LogP contribution in [0.2, 0.25) is 0 Å². The molecule has 2 aliphatic rings. The highest BCUT2D eigenvalue weighted by Crippen LogP contribution is 2.23. The van der Waals surface area contributed by atoms with E-state index >= 15 is 0 Å². The third kappa shape index (κ3) is 4.04. The molecular formula is C18H27N3O3S. The number of hydrogen-bond acceptors (Lipinski definition) is 4. The number of sulfonamides is 1. The number of nitrogens with zero attached hydrogens (tertiary/aromatic N) is 2. The summed E-state index contributed by atoms with van der Waals surface area (Å²) in [5.74, 6) is -0.188. The van der Waals surface area contributed by atoms with Crippen molar-refractivity contribution in [3.8, 4) is 0 Å². The van der Waals surface area contributed by atoms with Crippen LogP contribution in [-0.2, 0) is 10.0 Å². The van der Waals surface area contributed by atoms with E-state index in [1.165, 1.54) is 10.4 Å². The largest absolute Gasteiger partial charge is 0.349 e. The van der Waals surface area contributed by atoms with Crippen LogP contribution in [0.15, 0.2) is 29.2 Å². The summed E-state index contributed by atoms with van der Waals surface area (Å²) in [4.78, 5) is 14.7. The summed E-state index contributed by atoms with van der Waals surface area (Å²) >= 11 is 0. The minimum atomic E-state index is -3.60. The third-order valence-corrected chi connectivity index (χ3v) is 7.25. The van der Waals surface area contributed by atoms with Crippen LogP contribution in [0.1, 0.15) is 42.5 Å². The highest BCUT2D eigenvalue weighted by molar-refractivity contribution is 7.89.